The van der Waals surface area contributed by atoms with E-state index in [4.69, 9.17) is 4.84 Å². The van der Waals surface area contributed by atoms with E-state index in [0.29, 0.717) is 12.0 Å². The predicted molar refractivity (Wildman–Crippen MR) is 130 cm³/mol. The number of hydrogen-bond acceptors (Lipinski definition) is 5. The van der Waals surface area contributed by atoms with Crippen molar-refractivity contribution < 1.29 is 18.0 Å². The minimum atomic E-state index is -3.36. The Labute approximate surface area is 193 Å². The molecule has 2 aromatic rings. The third kappa shape index (κ3) is 8.56. The SMILES string of the molecule is CCCCCCCCCC(=O)On1cc(CCN(C)C)c2cc(CS(=O)(=O)NC)ccc21. The van der Waals surface area contributed by atoms with Gasteiger partial charge in [0.15, 0.2) is 0 Å². The first-order chi connectivity index (χ1) is 15.3. The fourth-order valence-electron chi connectivity index (χ4n) is 3.70. The predicted octanol–water partition coefficient (Wildman–Crippen LogP) is 3.89. The van der Waals surface area contributed by atoms with Gasteiger partial charge in [0.2, 0.25) is 10.0 Å². The maximum atomic E-state index is 12.4. The molecule has 0 amide bonds. The van der Waals surface area contributed by atoms with Crippen molar-refractivity contribution >= 4 is 26.9 Å². The largest absolute Gasteiger partial charge is 0.337 e. The van der Waals surface area contributed by atoms with E-state index in [0.717, 1.165) is 48.7 Å². The van der Waals surface area contributed by atoms with E-state index in [1.807, 2.05) is 32.4 Å². The summed E-state index contributed by atoms with van der Waals surface area (Å²) in [5.41, 5.74) is 2.50. The summed E-state index contributed by atoms with van der Waals surface area (Å²) in [6.07, 6.45) is 11.1. The standard InChI is InChI=1S/C24H39N3O4S/c1-5-6-7-8-9-10-11-12-24(28)31-27-18-21(15-16-26(3)4)22-17-20(13-14-23(22)27)19-32(29,30)25-2/h13-14,17-18,25H,5-12,15-16,19H2,1-4H3. The number of aromatic nitrogens is 1. The number of sulfonamides is 1. The number of benzene rings is 1. The molecule has 1 N–H and O–H groups in total. The minimum absolute atomic E-state index is 0.0875. The Kier molecular flexibility index (Phi) is 10.7. The number of nitrogens with one attached hydrogen (secondary N) is 1. The van der Waals surface area contributed by atoms with E-state index >= 15 is 0 Å². The summed E-state index contributed by atoms with van der Waals surface area (Å²) in [4.78, 5) is 20.2. The van der Waals surface area contributed by atoms with Crippen LogP contribution >= 0.6 is 0 Å². The maximum Gasteiger partial charge on any atom is 0.332 e. The summed E-state index contributed by atoms with van der Waals surface area (Å²) in [6, 6.07) is 5.49. The van der Waals surface area contributed by atoms with E-state index in [-0.39, 0.29) is 11.7 Å². The Hall–Kier alpha value is -1.90. The molecule has 180 valence electrons. The zero-order chi connectivity index (χ0) is 23.6. The average molecular weight is 466 g/mol. The molecule has 0 atom stereocenters. The molecular weight excluding hydrogens is 426 g/mol. The maximum absolute atomic E-state index is 12.4. The summed E-state index contributed by atoms with van der Waals surface area (Å²) < 4.78 is 27.8. The summed E-state index contributed by atoms with van der Waals surface area (Å²) >= 11 is 0. The lowest BCUT2D eigenvalue weighted by Crippen LogP contribution is -2.20. The van der Waals surface area contributed by atoms with Crippen LogP contribution in [0.25, 0.3) is 10.9 Å². The van der Waals surface area contributed by atoms with Gasteiger partial charge in [0.25, 0.3) is 0 Å². The second-order valence-electron chi connectivity index (χ2n) is 8.68. The molecule has 8 heteroatoms. The number of fused-ring (bicyclic) bond motifs is 1. The van der Waals surface area contributed by atoms with Crippen LogP contribution < -0.4 is 9.56 Å². The van der Waals surface area contributed by atoms with E-state index in [1.165, 1.54) is 32.7 Å². The second-order valence-corrected chi connectivity index (χ2v) is 10.6. The van der Waals surface area contributed by atoms with Crippen molar-refractivity contribution in [3.05, 3.63) is 35.5 Å². The molecule has 1 aromatic carbocycles. The molecule has 0 aliphatic heterocycles. The molecule has 0 bridgehead atoms. The van der Waals surface area contributed by atoms with Crippen LogP contribution in [0.2, 0.25) is 0 Å². The molecule has 1 heterocycles. The molecule has 0 saturated carbocycles. The molecule has 2 rings (SSSR count). The van der Waals surface area contributed by atoms with Gasteiger partial charge in [-0.3, -0.25) is 0 Å². The van der Waals surface area contributed by atoms with Gasteiger partial charge in [-0.15, -0.1) is 0 Å². The number of unbranched alkanes of at least 4 members (excludes halogenated alkanes) is 6. The third-order valence-electron chi connectivity index (χ3n) is 5.60. The summed E-state index contributed by atoms with van der Waals surface area (Å²) in [6.45, 7) is 3.04. The van der Waals surface area contributed by atoms with Crippen LogP contribution in [0.4, 0.5) is 0 Å². The Bertz CT molecular complexity index is 967. The average Bonchev–Trinajstić information content (AvgIpc) is 3.08. The van der Waals surface area contributed by atoms with E-state index < -0.39 is 10.0 Å². The highest BCUT2D eigenvalue weighted by Crippen LogP contribution is 2.24. The highest BCUT2D eigenvalue weighted by Gasteiger charge is 2.15. The second kappa shape index (κ2) is 13.0. The van der Waals surface area contributed by atoms with Crippen LogP contribution in [0.1, 0.15) is 69.4 Å². The van der Waals surface area contributed by atoms with E-state index in [9.17, 15) is 13.2 Å². The van der Waals surface area contributed by atoms with Crippen LogP contribution in [0, 0.1) is 0 Å². The van der Waals surface area contributed by atoms with Crippen molar-refractivity contribution in [3.8, 4) is 0 Å². The number of carbonyl (C=O) groups excluding carboxylic acids is 1. The van der Waals surface area contributed by atoms with Crippen LogP contribution in [0.3, 0.4) is 0 Å². The molecule has 7 nitrogen and oxygen atoms in total. The number of carbonyl (C=O) groups is 1. The first kappa shape index (κ1) is 26.4. The van der Waals surface area contributed by atoms with E-state index in [2.05, 4.69) is 16.5 Å². The van der Waals surface area contributed by atoms with Crippen LogP contribution in [0.5, 0.6) is 0 Å². The van der Waals surface area contributed by atoms with Crippen LogP contribution in [-0.4, -0.2) is 51.7 Å². The first-order valence-corrected chi connectivity index (χ1v) is 13.3. The summed E-state index contributed by atoms with van der Waals surface area (Å²) in [5, 5.41) is 0.916. The lowest BCUT2D eigenvalue weighted by molar-refractivity contribution is -0.143. The fourth-order valence-corrected chi connectivity index (χ4v) is 4.46. The smallest absolute Gasteiger partial charge is 0.332 e. The molecule has 0 spiro atoms. The molecule has 32 heavy (non-hydrogen) atoms. The highest BCUT2D eigenvalue weighted by molar-refractivity contribution is 7.88. The van der Waals surface area contributed by atoms with Crippen molar-refractivity contribution in [1.29, 1.82) is 0 Å². The molecule has 0 radical (unpaired) electrons. The molecule has 0 saturated heterocycles. The van der Waals surface area contributed by atoms with Gasteiger partial charge in [-0.25, -0.2) is 17.9 Å². The van der Waals surface area contributed by atoms with Crippen LogP contribution in [-0.2, 0) is 27.0 Å². The Morgan fingerprint density at radius 2 is 1.78 bits per heavy atom. The summed E-state index contributed by atoms with van der Waals surface area (Å²) in [5.74, 6) is -0.327. The zero-order valence-electron chi connectivity index (χ0n) is 20.0. The van der Waals surface area contributed by atoms with E-state index in [1.54, 1.807) is 10.8 Å². The first-order valence-electron chi connectivity index (χ1n) is 11.7. The third-order valence-corrected chi connectivity index (χ3v) is 6.93. The Morgan fingerprint density at radius 1 is 1.09 bits per heavy atom. The molecule has 0 unspecified atom stereocenters. The lowest BCUT2D eigenvalue weighted by Gasteiger charge is -2.08. The van der Waals surface area contributed by atoms with Crippen molar-refractivity contribution in [2.75, 3.05) is 27.7 Å². The van der Waals surface area contributed by atoms with Crippen molar-refractivity contribution in [1.82, 2.24) is 14.4 Å². The van der Waals surface area contributed by atoms with Gasteiger partial charge in [0.1, 0.15) is 0 Å². The normalized spacial score (nSPS) is 12.0. The topological polar surface area (TPSA) is 80.6 Å². The van der Waals surface area contributed by atoms with Crippen LogP contribution in [0.15, 0.2) is 24.4 Å². The highest BCUT2D eigenvalue weighted by atomic mass is 32.2. The number of hydrogen-bond donors (Lipinski definition) is 1. The van der Waals surface area contributed by atoms with Gasteiger partial charge in [0.05, 0.1) is 11.3 Å². The number of nitrogens with zero attached hydrogens (tertiary/aromatic N) is 2. The van der Waals surface area contributed by atoms with Gasteiger partial charge in [-0.05, 0) is 57.2 Å². The van der Waals surface area contributed by atoms with Gasteiger partial charge < -0.3 is 9.74 Å². The minimum Gasteiger partial charge on any atom is -0.337 e. The Balaban J connectivity index is 2.09. The van der Waals surface area contributed by atoms with Crippen molar-refractivity contribution in [2.45, 2.75) is 70.5 Å². The molecule has 0 aliphatic carbocycles. The number of likely N-dealkylation sites (N-methyl/N-ethyl adjacent to an activating group) is 1. The molecule has 0 fully saturated rings. The molecule has 1 aromatic heterocycles. The molecule has 0 aliphatic rings. The zero-order valence-corrected chi connectivity index (χ0v) is 20.8. The lowest BCUT2D eigenvalue weighted by atomic mass is 10.1. The fraction of sp³-hybridized carbons (Fsp3) is 0.625. The van der Waals surface area contributed by atoms with Gasteiger partial charge >= 0.3 is 5.97 Å². The number of rotatable bonds is 15. The summed E-state index contributed by atoms with van der Waals surface area (Å²) in [7, 11) is 2.06. The Morgan fingerprint density at radius 3 is 2.44 bits per heavy atom. The monoisotopic (exact) mass is 465 g/mol. The van der Waals surface area contributed by atoms with Crippen molar-refractivity contribution in [3.63, 3.8) is 0 Å². The van der Waals surface area contributed by atoms with Gasteiger partial charge in [-0.2, -0.15) is 4.73 Å². The molecular formula is C24H39N3O4S. The van der Waals surface area contributed by atoms with Crippen molar-refractivity contribution in [2.24, 2.45) is 0 Å². The van der Waals surface area contributed by atoms with Gasteiger partial charge in [0, 0.05) is 24.5 Å². The quantitative estimate of drug-likeness (QED) is 0.404. The van der Waals surface area contributed by atoms with Gasteiger partial charge in [-0.1, -0.05) is 51.5 Å².